The maximum Gasteiger partial charge on any atom is 0.161 e. The van der Waals surface area contributed by atoms with Crippen LogP contribution in [0.3, 0.4) is 0 Å². The molecule has 4 nitrogen and oxygen atoms in total. The highest BCUT2D eigenvalue weighted by molar-refractivity contribution is 5.43. The van der Waals surface area contributed by atoms with E-state index in [1.165, 1.54) is 0 Å². The van der Waals surface area contributed by atoms with Crippen molar-refractivity contribution >= 4 is 0 Å². The van der Waals surface area contributed by atoms with Gasteiger partial charge >= 0.3 is 0 Å². The number of rotatable bonds is 4. The minimum Gasteiger partial charge on any atom is -0.508 e. The van der Waals surface area contributed by atoms with Gasteiger partial charge in [-0.1, -0.05) is 18.2 Å². The summed E-state index contributed by atoms with van der Waals surface area (Å²) in [5.74, 6) is 1.92. The molecule has 2 N–H and O–H groups in total. The summed E-state index contributed by atoms with van der Waals surface area (Å²) >= 11 is 0. The summed E-state index contributed by atoms with van der Waals surface area (Å²) < 4.78 is 11.1. The first kappa shape index (κ1) is 13.8. The van der Waals surface area contributed by atoms with Crippen LogP contribution in [-0.4, -0.2) is 18.3 Å². The van der Waals surface area contributed by atoms with Crippen molar-refractivity contribution in [2.75, 3.05) is 13.2 Å². The lowest BCUT2D eigenvalue weighted by molar-refractivity contribution is 0.171. The van der Waals surface area contributed by atoms with Crippen molar-refractivity contribution in [2.24, 2.45) is 0 Å². The van der Waals surface area contributed by atoms with E-state index in [4.69, 9.17) is 9.47 Å². The molecule has 0 bridgehead atoms. The van der Waals surface area contributed by atoms with Gasteiger partial charge in [0.1, 0.15) is 19.0 Å². The predicted octanol–water partition coefficient (Wildman–Crippen LogP) is 3.01. The molecule has 0 aromatic heterocycles. The van der Waals surface area contributed by atoms with Crippen LogP contribution in [0.25, 0.3) is 0 Å². The monoisotopic (exact) mass is 285 g/mol. The molecular weight excluding hydrogens is 266 g/mol. The molecule has 0 radical (unpaired) electrons. The smallest absolute Gasteiger partial charge is 0.161 e. The molecule has 110 valence electrons. The lowest BCUT2D eigenvalue weighted by Gasteiger charge is -2.20. The van der Waals surface area contributed by atoms with Crippen LogP contribution in [0, 0.1) is 0 Å². The summed E-state index contributed by atoms with van der Waals surface area (Å²) in [6.07, 6.45) is 0. The standard InChI is InChI=1S/C17H19NO3/c1-12(14-3-5-15(19)6-4-14)18-11-13-2-7-16-17(10-13)21-9-8-20-16/h2-7,10,12,18-19H,8-9,11H2,1H3. The zero-order valence-electron chi connectivity index (χ0n) is 12.0. The van der Waals surface area contributed by atoms with Gasteiger partial charge in [0.05, 0.1) is 0 Å². The van der Waals surface area contributed by atoms with Gasteiger partial charge in [0.25, 0.3) is 0 Å². The quantitative estimate of drug-likeness (QED) is 0.906. The molecule has 0 fully saturated rings. The molecule has 0 amide bonds. The normalized spacial score (nSPS) is 14.7. The van der Waals surface area contributed by atoms with Gasteiger partial charge in [0, 0.05) is 12.6 Å². The molecule has 1 atom stereocenters. The van der Waals surface area contributed by atoms with Gasteiger partial charge in [0.2, 0.25) is 0 Å². The van der Waals surface area contributed by atoms with Crippen LogP contribution in [0.2, 0.25) is 0 Å². The van der Waals surface area contributed by atoms with Crippen LogP contribution < -0.4 is 14.8 Å². The fourth-order valence-electron chi connectivity index (χ4n) is 2.35. The Morgan fingerprint density at radius 1 is 1.05 bits per heavy atom. The molecule has 2 aromatic carbocycles. The summed E-state index contributed by atoms with van der Waals surface area (Å²) in [5, 5.41) is 12.8. The molecule has 0 aliphatic carbocycles. The average molecular weight is 285 g/mol. The predicted molar refractivity (Wildman–Crippen MR) is 80.8 cm³/mol. The van der Waals surface area contributed by atoms with E-state index in [9.17, 15) is 5.11 Å². The van der Waals surface area contributed by atoms with Crippen molar-refractivity contribution in [3.63, 3.8) is 0 Å². The van der Waals surface area contributed by atoms with Gasteiger partial charge in [-0.2, -0.15) is 0 Å². The van der Waals surface area contributed by atoms with E-state index in [-0.39, 0.29) is 11.8 Å². The molecule has 1 aliphatic heterocycles. The van der Waals surface area contributed by atoms with Crippen molar-refractivity contribution < 1.29 is 14.6 Å². The van der Waals surface area contributed by atoms with Gasteiger partial charge in [-0.3, -0.25) is 0 Å². The minimum atomic E-state index is 0.207. The van der Waals surface area contributed by atoms with Crippen molar-refractivity contribution in [1.82, 2.24) is 5.32 Å². The van der Waals surface area contributed by atoms with Crippen LogP contribution in [0.15, 0.2) is 42.5 Å². The maximum atomic E-state index is 9.31. The molecule has 1 unspecified atom stereocenters. The van der Waals surface area contributed by atoms with E-state index < -0.39 is 0 Å². The van der Waals surface area contributed by atoms with Crippen molar-refractivity contribution in [2.45, 2.75) is 19.5 Å². The molecule has 1 heterocycles. The largest absolute Gasteiger partial charge is 0.508 e. The number of ether oxygens (including phenoxy) is 2. The minimum absolute atomic E-state index is 0.207. The van der Waals surface area contributed by atoms with Gasteiger partial charge < -0.3 is 19.9 Å². The lowest BCUT2D eigenvalue weighted by Crippen LogP contribution is -2.19. The topological polar surface area (TPSA) is 50.7 Å². The van der Waals surface area contributed by atoms with Gasteiger partial charge in [-0.05, 0) is 42.3 Å². The van der Waals surface area contributed by atoms with Crippen LogP contribution in [0.1, 0.15) is 24.1 Å². The van der Waals surface area contributed by atoms with E-state index in [0.717, 1.165) is 29.2 Å². The van der Waals surface area contributed by atoms with Crippen LogP contribution in [-0.2, 0) is 6.54 Å². The zero-order valence-corrected chi connectivity index (χ0v) is 12.0. The van der Waals surface area contributed by atoms with Crippen molar-refractivity contribution in [1.29, 1.82) is 0 Å². The molecule has 21 heavy (non-hydrogen) atoms. The Morgan fingerprint density at radius 2 is 1.76 bits per heavy atom. The Balaban J connectivity index is 1.63. The SMILES string of the molecule is CC(NCc1ccc2c(c1)OCCO2)c1ccc(O)cc1. The Kier molecular flexibility index (Phi) is 3.97. The molecule has 0 spiro atoms. The van der Waals surface area contributed by atoms with E-state index in [2.05, 4.69) is 12.2 Å². The van der Waals surface area contributed by atoms with Crippen LogP contribution >= 0.6 is 0 Å². The van der Waals surface area contributed by atoms with E-state index in [1.807, 2.05) is 30.3 Å². The highest BCUT2D eigenvalue weighted by Crippen LogP contribution is 2.30. The number of phenols is 1. The Morgan fingerprint density at radius 3 is 2.52 bits per heavy atom. The number of benzene rings is 2. The molecular formula is C17H19NO3. The second-order valence-corrected chi connectivity index (χ2v) is 5.17. The number of fused-ring (bicyclic) bond motifs is 1. The third-order valence-electron chi connectivity index (χ3n) is 3.61. The van der Waals surface area contributed by atoms with E-state index in [0.29, 0.717) is 13.2 Å². The maximum absolute atomic E-state index is 9.31. The summed E-state index contributed by atoms with van der Waals surface area (Å²) in [4.78, 5) is 0. The number of hydrogen-bond donors (Lipinski definition) is 2. The third-order valence-corrected chi connectivity index (χ3v) is 3.61. The van der Waals surface area contributed by atoms with Gasteiger partial charge in [-0.15, -0.1) is 0 Å². The first-order valence-electron chi connectivity index (χ1n) is 7.13. The van der Waals surface area contributed by atoms with E-state index in [1.54, 1.807) is 12.1 Å². The number of nitrogens with one attached hydrogen (secondary N) is 1. The fourth-order valence-corrected chi connectivity index (χ4v) is 2.35. The second-order valence-electron chi connectivity index (χ2n) is 5.17. The van der Waals surface area contributed by atoms with Gasteiger partial charge in [-0.25, -0.2) is 0 Å². The molecule has 2 aromatic rings. The fraction of sp³-hybridized carbons (Fsp3) is 0.294. The first-order chi connectivity index (χ1) is 10.2. The van der Waals surface area contributed by atoms with E-state index >= 15 is 0 Å². The van der Waals surface area contributed by atoms with Crippen LogP contribution in [0.5, 0.6) is 17.2 Å². The molecule has 0 saturated heterocycles. The summed E-state index contributed by atoms with van der Waals surface area (Å²) in [5.41, 5.74) is 2.30. The van der Waals surface area contributed by atoms with Crippen molar-refractivity contribution in [3.05, 3.63) is 53.6 Å². The highest BCUT2D eigenvalue weighted by Gasteiger charge is 2.12. The number of hydrogen-bond acceptors (Lipinski definition) is 4. The summed E-state index contributed by atoms with van der Waals surface area (Å²) in [6, 6.07) is 13.5. The molecule has 3 rings (SSSR count). The van der Waals surface area contributed by atoms with Crippen molar-refractivity contribution in [3.8, 4) is 17.2 Å². The molecule has 4 heteroatoms. The van der Waals surface area contributed by atoms with Gasteiger partial charge in [0.15, 0.2) is 11.5 Å². The highest BCUT2D eigenvalue weighted by atomic mass is 16.6. The first-order valence-corrected chi connectivity index (χ1v) is 7.13. The summed E-state index contributed by atoms with van der Waals surface area (Å²) in [6.45, 7) is 4.07. The Labute approximate surface area is 124 Å². The Hall–Kier alpha value is -2.20. The van der Waals surface area contributed by atoms with Crippen LogP contribution in [0.4, 0.5) is 0 Å². The second kappa shape index (κ2) is 6.06. The average Bonchev–Trinajstić information content (AvgIpc) is 2.53. The number of phenolic OH excluding ortho intramolecular Hbond substituents is 1. The number of aromatic hydroxyl groups is 1. The Bertz CT molecular complexity index is 610. The third kappa shape index (κ3) is 3.28. The zero-order chi connectivity index (χ0) is 14.7. The molecule has 0 saturated carbocycles. The lowest BCUT2D eigenvalue weighted by atomic mass is 10.1. The summed E-state index contributed by atoms with van der Waals surface area (Å²) in [7, 11) is 0. The molecule has 1 aliphatic rings.